The fraction of sp³-hybridized carbons (Fsp3) is 0.690. The Morgan fingerprint density at radius 1 is 1.03 bits per heavy atom. The lowest BCUT2D eigenvalue weighted by Gasteiger charge is -2.34. The van der Waals surface area contributed by atoms with Gasteiger partial charge in [0, 0.05) is 18.7 Å². The Bertz CT molecular complexity index is 813. The maximum absolute atomic E-state index is 13.2. The number of carbonyl (C=O) groups excluding carboxylic acids is 3. The fourth-order valence-corrected chi connectivity index (χ4v) is 4.34. The quantitative estimate of drug-likeness (QED) is 0.219. The van der Waals surface area contributed by atoms with E-state index in [1.165, 1.54) is 49.8 Å². The van der Waals surface area contributed by atoms with Crippen molar-refractivity contribution in [3.8, 4) is 5.75 Å². The fourth-order valence-electron chi connectivity index (χ4n) is 4.34. The van der Waals surface area contributed by atoms with Gasteiger partial charge >= 0.3 is 5.97 Å². The first kappa shape index (κ1) is 29.7. The van der Waals surface area contributed by atoms with Crippen molar-refractivity contribution >= 4 is 17.8 Å². The van der Waals surface area contributed by atoms with E-state index in [-0.39, 0.29) is 24.3 Å². The molecular weight excluding hydrogens is 456 g/mol. The van der Waals surface area contributed by atoms with Gasteiger partial charge in [0.15, 0.2) is 0 Å². The van der Waals surface area contributed by atoms with Gasteiger partial charge in [0.2, 0.25) is 5.91 Å². The van der Waals surface area contributed by atoms with Crippen molar-refractivity contribution in [3.63, 3.8) is 0 Å². The molecule has 2 rings (SSSR count). The monoisotopic (exact) mass is 502 g/mol. The molecule has 1 aromatic carbocycles. The number of unbranched alkanes of at least 4 members (excludes halogenated alkanes) is 9. The van der Waals surface area contributed by atoms with Crippen LogP contribution in [0.15, 0.2) is 24.3 Å². The zero-order valence-corrected chi connectivity index (χ0v) is 22.6. The summed E-state index contributed by atoms with van der Waals surface area (Å²) in [5.74, 6) is -0.437. The number of esters is 1. The third-order valence-corrected chi connectivity index (χ3v) is 6.71. The molecule has 0 saturated carbocycles. The lowest BCUT2D eigenvalue weighted by molar-refractivity contribution is -0.147. The molecule has 36 heavy (non-hydrogen) atoms. The Kier molecular flexibility index (Phi) is 14.0. The number of hydrogen-bond donors (Lipinski definition) is 1. The molecule has 1 fully saturated rings. The van der Waals surface area contributed by atoms with Crippen LogP contribution in [0.3, 0.4) is 0 Å². The molecule has 2 unspecified atom stereocenters. The van der Waals surface area contributed by atoms with Crippen LogP contribution >= 0.6 is 0 Å². The van der Waals surface area contributed by atoms with Gasteiger partial charge in [-0.2, -0.15) is 0 Å². The van der Waals surface area contributed by atoms with E-state index in [1.807, 2.05) is 19.9 Å². The van der Waals surface area contributed by atoms with Crippen molar-refractivity contribution in [2.45, 2.75) is 110 Å². The largest absolute Gasteiger partial charge is 0.491 e. The van der Waals surface area contributed by atoms with Crippen LogP contribution in [0.25, 0.3) is 0 Å². The molecule has 2 amide bonds. The molecule has 1 aliphatic heterocycles. The van der Waals surface area contributed by atoms with E-state index >= 15 is 0 Å². The topological polar surface area (TPSA) is 84.9 Å². The van der Waals surface area contributed by atoms with Gasteiger partial charge in [-0.05, 0) is 38.0 Å². The first-order chi connectivity index (χ1) is 17.5. The molecule has 1 saturated heterocycles. The molecule has 1 N–H and O–H groups in total. The van der Waals surface area contributed by atoms with Crippen molar-refractivity contribution in [2.75, 3.05) is 19.7 Å². The molecule has 0 bridgehead atoms. The van der Waals surface area contributed by atoms with Crippen LogP contribution < -0.4 is 10.1 Å². The Balaban J connectivity index is 1.77. The molecule has 202 valence electrons. The molecule has 0 radical (unpaired) electrons. The Labute approximate surface area is 217 Å². The van der Waals surface area contributed by atoms with Crippen molar-refractivity contribution in [1.82, 2.24) is 10.2 Å². The van der Waals surface area contributed by atoms with E-state index in [1.54, 1.807) is 18.2 Å². The van der Waals surface area contributed by atoms with Gasteiger partial charge in [-0.25, -0.2) is 0 Å². The first-order valence-electron chi connectivity index (χ1n) is 14.0. The summed E-state index contributed by atoms with van der Waals surface area (Å²) in [7, 11) is 0. The zero-order chi connectivity index (χ0) is 26.2. The molecule has 0 aromatic heterocycles. The number of benzene rings is 1. The highest BCUT2D eigenvalue weighted by molar-refractivity contribution is 5.99. The van der Waals surface area contributed by atoms with E-state index < -0.39 is 12.0 Å². The summed E-state index contributed by atoms with van der Waals surface area (Å²) in [5, 5.41) is 2.77. The third-order valence-electron chi connectivity index (χ3n) is 6.71. The van der Waals surface area contributed by atoms with Crippen LogP contribution in [-0.4, -0.2) is 54.5 Å². The standard InChI is InChI=1S/C29H46N2O5/c1-4-6-7-8-9-10-11-12-13-14-20-35-27(32)22-26-28(33)30-18-19-31(26)29(34)24-16-15-17-25(21-24)36-23(3)5-2/h15-17,21,23,26H,4-14,18-20,22H2,1-3H3,(H,30,33). The molecule has 2 atom stereocenters. The highest BCUT2D eigenvalue weighted by Crippen LogP contribution is 2.20. The summed E-state index contributed by atoms with van der Waals surface area (Å²) in [6.45, 7) is 7.30. The molecule has 7 nitrogen and oxygen atoms in total. The second kappa shape index (κ2) is 17.0. The number of piperazine rings is 1. The van der Waals surface area contributed by atoms with Gasteiger partial charge in [-0.1, -0.05) is 77.7 Å². The van der Waals surface area contributed by atoms with Gasteiger partial charge in [0.1, 0.15) is 11.8 Å². The number of hydrogen-bond acceptors (Lipinski definition) is 5. The minimum atomic E-state index is -0.870. The summed E-state index contributed by atoms with van der Waals surface area (Å²) in [6, 6.07) is 6.12. The maximum atomic E-state index is 13.2. The lowest BCUT2D eigenvalue weighted by Crippen LogP contribution is -2.57. The van der Waals surface area contributed by atoms with E-state index in [0.29, 0.717) is 31.0 Å². The lowest BCUT2D eigenvalue weighted by atomic mass is 10.1. The Morgan fingerprint density at radius 3 is 2.36 bits per heavy atom. The number of nitrogens with zero attached hydrogens (tertiary/aromatic N) is 1. The van der Waals surface area contributed by atoms with E-state index in [0.717, 1.165) is 25.7 Å². The smallest absolute Gasteiger partial charge is 0.308 e. The summed E-state index contributed by atoms with van der Waals surface area (Å²) in [4.78, 5) is 39.7. The highest BCUT2D eigenvalue weighted by Gasteiger charge is 2.35. The predicted octanol–water partition coefficient (Wildman–Crippen LogP) is 5.66. The average molecular weight is 503 g/mol. The normalized spacial score (nSPS) is 16.4. The van der Waals surface area contributed by atoms with Gasteiger partial charge in [0.05, 0.1) is 19.1 Å². The molecule has 1 aliphatic rings. The van der Waals surface area contributed by atoms with Gasteiger partial charge < -0.3 is 19.7 Å². The van der Waals surface area contributed by atoms with Gasteiger partial charge in [-0.15, -0.1) is 0 Å². The number of rotatable bonds is 17. The molecule has 0 aliphatic carbocycles. The number of ether oxygens (including phenoxy) is 2. The van der Waals surface area contributed by atoms with Gasteiger partial charge in [0.25, 0.3) is 5.91 Å². The Hall–Kier alpha value is -2.57. The molecule has 1 aromatic rings. The van der Waals surface area contributed by atoms with E-state index in [9.17, 15) is 14.4 Å². The molecule has 7 heteroatoms. The Morgan fingerprint density at radius 2 is 1.69 bits per heavy atom. The average Bonchev–Trinajstić information content (AvgIpc) is 2.88. The maximum Gasteiger partial charge on any atom is 0.308 e. The van der Waals surface area contributed by atoms with Crippen LogP contribution in [-0.2, 0) is 14.3 Å². The molecular formula is C29H46N2O5. The first-order valence-corrected chi connectivity index (χ1v) is 14.0. The van der Waals surface area contributed by atoms with Crippen LogP contribution in [0, 0.1) is 0 Å². The highest BCUT2D eigenvalue weighted by atomic mass is 16.5. The SMILES string of the molecule is CCCCCCCCCCCCOC(=O)CC1C(=O)NCCN1C(=O)c1cccc(OC(C)CC)c1. The third kappa shape index (κ3) is 10.6. The minimum absolute atomic E-state index is 0.0363. The van der Waals surface area contributed by atoms with Crippen molar-refractivity contribution in [2.24, 2.45) is 0 Å². The summed E-state index contributed by atoms with van der Waals surface area (Å²) in [6.07, 6.45) is 12.9. The van der Waals surface area contributed by atoms with Crippen molar-refractivity contribution in [1.29, 1.82) is 0 Å². The van der Waals surface area contributed by atoms with Crippen LogP contribution in [0.1, 0.15) is 108 Å². The number of amides is 2. The number of nitrogens with one attached hydrogen (secondary N) is 1. The van der Waals surface area contributed by atoms with Crippen molar-refractivity contribution in [3.05, 3.63) is 29.8 Å². The molecule has 0 spiro atoms. The zero-order valence-electron chi connectivity index (χ0n) is 22.6. The van der Waals surface area contributed by atoms with Crippen LogP contribution in [0.2, 0.25) is 0 Å². The van der Waals surface area contributed by atoms with E-state index in [4.69, 9.17) is 9.47 Å². The minimum Gasteiger partial charge on any atom is -0.491 e. The van der Waals surface area contributed by atoms with Crippen LogP contribution in [0.5, 0.6) is 5.75 Å². The van der Waals surface area contributed by atoms with Gasteiger partial charge in [-0.3, -0.25) is 14.4 Å². The molecule has 1 heterocycles. The summed E-state index contributed by atoms with van der Waals surface area (Å²) >= 11 is 0. The van der Waals surface area contributed by atoms with Crippen LogP contribution in [0.4, 0.5) is 0 Å². The second-order valence-electron chi connectivity index (χ2n) is 9.78. The summed E-state index contributed by atoms with van der Waals surface area (Å²) in [5.41, 5.74) is 0.439. The predicted molar refractivity (Wildman–Crippen MR) is 142 cm³/mol. The number of carbonyl (C=O) groups is 3. The summed E-state index contributed by atoms with van der Waals surface area (Å²) < 4.78 is 11.2. The van der Waals surface area contributed by atoms with E-state index in [2.05, 4.69) is 12.2 Å². The van der Waals surface area contributed by atoms with Crippen molar-refractivity contribution < 1.29 is 23.9 Å². The second-order valence-corrected chi connectivity index (χ2v) is 9.78.